The van der Waals surface area contributed by atoms with Gasteiger partial charge in [0.1, 0.15) is 0 Å². The van der Waals surface area contributed by atoms with Crippen LogP contribution in [0.4, 0.5) is 0 Å². The normalized spacial score (nSPS) is 14.8. The first-order chi connectivity index (χ1) is 12.4. The molecule has 0 aromatic heterocycles. The van der Waals surface area contributed by atoms with Gasteiger partial charge in [0.05, 0.1) is 0 Å². The van der Waals surface area contributed by atoms with Crippen molar-refractivity contribution in [2.24, 2.45) is 4.99 Å². The average Bonchev–Trinajstić information content (AvgIpc) is 3.05. The van der Waals surface area contributed by atoms with E-state index in [1.54, 1.807) is 0 Å². The third-order valence-corrected chi connectivity index (χ3v) is 4.28. The highest BCUT2D eigenvalue weighted by Crippen LogP contribution is 2.11. The molecule has 0 unspecified atom stereocenters. The fourth-order valence-electron chi connectivity index (χ4n) is 3.03. The number of aliphatic imine (C=N–C) groups is 1. The van der Waals surface area contributed by atoms with Gasteiger partial charge in [0.2, 0.25) is 0 Å². The molecular weight excluding hydrogens is 306 g/mol. The summed E-state index contributed by atoms with van der Waals surface area (Å²) in [6.45, 7) is 3.82. The molecule has 3 heteroatoms. The van der Waals surface area contributed by atoms with Crippen LogP contribution in [0.15, 0.2) is 77.8 Å². The van der Waals surface area contributed by atoms with E-state index in [1.807, 2.05) is 19.2 Å². The quantitative estimate of drug-likeness (QED) is 0.796. The molecule has 0 saturated carbocycles. The lowest BCUT2D eigenvalue weighted by atomic mass is 10.2. The molecule has 3 nitrogen and oxygen atoms in total. The first-order valence-corrected chi connectivity index (χ1v) is 8.76. The van der Waals surface area contributed by atoms with Crippen LogP contribution in [0.2, 0.25) is 0 Å². The van der Waals surface area contributed by atoms with Crippen LogP contribution in [0.25, 0.3) is 12.2 Å². The molecule has 3 rings (SSSR count). The van der Waals surface area contributed by atoms with Crippen LogP contribution in [0, 0.1) is 0 Å². The highest BCUT2D eigenvalue weighted by Gasteiger charge is 2.23. The molecule has 0 N–H and O–H groups in total. The lowest BCUT2D eigenvalue weighted by Gasteiger charge is -2.20. The summed E-state index contributed by atoms with van der Waals surface area (Å²) in [5.74, 6) is 1.08. The Hall–Kier alpha value is -2.81. The number of hydrogen-bond acceptors (Lipinski definition) is 1. The molecule has 128 valence electrons. The van der Waals surface area contributed by atoms with E-state index in [1.165, 1.54) is 11.1 Å². The van der Waals surface area contributed by atoms with Gasteiger partial charge in [-0.05, 0) is 11.1 Å². The molecule has 1 aliphatic rings. The van der Waals surface area contributed by atoms with Gasteiger partial charge in [-0.2, -0.15) is 0 Å². The van der Waals surface area contributed by atoms with Gasteiger partial charge in [-0.1, -0.05) is 85.0 Å². The van der Waals surface area contributed by atoms with Crippen LogP contribution in [-0.2, 0) is 0 Å². The summed E-state index contributed by atoms with van der Waals surface area (Å²) in [6.07, 6.45) is 8.77. The smallest absolute Gasteiger partial charge is 0.197 e. The summed E-state index contributed by atoms with van der Waals surface area (Å²) in [5.41, 5.74) is 2.47. The Morgan fingerprint density at radius 1 is 0.760 bits per heavy atom. The number of rotatable bonds is 6. The molecule has 1 saturated heterocycles. The lowest BCUT2D eigenvalue weighted by Crippen LogP contribution is -2.33. The number of nitrogens with zero attached hydrogens (tertiary/aromatic N) is 3. The van der Waals surface area contributed by atoms with E-state index < -0.39 is 0 Å². The highest BCUT2D eigenvalue weighted by molar-refractivity contribution is 5.82. The van der Waals surface area contributed by atoms with E-state index in [2.05, 4.69) is 87.6 Å². The molecular formula is C22H25N3. The largest absolute Gasteiger partial charge is 0.337 e. The van der Waals surface area contributed by atoms with Crippen LogP contribution in [0.1, 0.15) is 11.1 Å². The zero-order valence-electron chi connectivity index (χ0n) is 14.8. The molecule has 2 aromatic rings. The van der Waals surface area contributed by atoms with Crippen molar-refractivity contribution < 1.29 is 0 Å². The van der Waals surface area contributed by atoms with Crippen LogP contribution in [-0.4, -0.2) is 49.0 Å². The van der Waals surface area contributed by atoms with Crippen molar-refractivity contribution in [3.8, 4) is 0 Å². The monoisotopic (exact) mass is 331 g/mol. The van der Waals surface area contributed by atoms with Crippen LogP contribution in [0.5, 0.6) is 0 Å². The van der Waals surface area contributed by atoms with Crippen molar-refractivity contribution in [2.45, 2.75) is 0 Å². The topological polar surface area (TPSA) is 18.8 Å². The van der Waals surface area contributed by atoms with Gasteiger partial charge >= 0.3 is 0 Å². The molecule has 0 bridgehead atoms. The zero-order chi connectivity index (χ0) is 17.3. The van der Waals surface area contributed by atoms with Gasteiger partial charge in [0, 0.05) is 33.2 Å². The van der Waals surface area contributed by atoms with E-state index >= 15 is 0 Å². The van der Waals surface area contributed by atoms with Crippen molar-refractivity contribution in [1.29, 1.82) is 0 Å². The Morgan fingerprint density at radius 3 is 1.60 bits per heavy atom. The van der Waals surface area contributed by atoms with Crippen LogP contribution in [0.3, 0.4) is 0 Å². The van der Waals surface area contributed by atoms with E-state index in [9.17, 15) is 0 Å². The fourth-order valence-corrected chi connectivity index (χ4v) is 3.03. The number of guanidine groups is 1. The van der Waals surface area contributed by atoms with Crippen LogP contribution < -0.4 is 0 Å². The van der Waals surface area contributed by atoms with E-state index in [0.29, 0.717) is 0 Å². The summed E-state index contributed by atoms with van der Waals surface area (Å²) in [7, 11) is 1.88. The van der Waals surface area contributed by atoms with Gasteiger partial charge in [-0.25, -0.2) is 0 Å². The minimum Gasteiger partial charge on any atom is -0.337 e. The number of hydrogen-bond donors (Lipinski definition) is 0. The van der Waals surface area contributed by atoms with Crippen molar-refractivity contribution in [1.82, 2.24) is 9.80 Å². The molecule has 25 heavy (non-hydrogen) atoms. The van der Waals surface area contributed by atoms with Crippen molar-refractivity contribution in [2.75, 3.05) is 33.2 Å². The maximum atomic E-state index is 4.50. The zero-order valence-corrected chi connectivity index (χ0v) is 14.8. The maximum Gasteiger partial charge on any atom is 0.197 e. The van der Waals surface area contributed by atoms with Gasteiger partial charge in [-0.3, -0.25) is 4.99 Å². The second-order valence-corrected chi connectivity index (χ2v) is 6.04. The predicted octanol–water partition coefficient (Wildman–Crippen LogP) is 4.02. The molecule has 0 spiro atoms. The van der Waals surface area contributed by atoms with Crippen molar-refractivity contribution in [3.63, 3.8) is 0 Å². The molecule has 1 aliphatic heterocycles. The van der Waals surface area contributed by atoms with Gasteiger partial charge in [0.25, 0.3) is 0 Å². The Balaban J connectivity index is 1.54. The summed E-state index contributed by atoms with van der Waals surface area (Å²) in [5, 5.41) is 0. The minimum atomic E-state index is 0.889. The third kappa shape index (κ3) is 4.83. The second kappa shape index (κ2) is 8.88. The Bertz CT molecular complexity index is 671. The molecule has 0 aliphatic carbocycles. The Labute approximate surface area is 150 Å². The number of benzene rings is 2. The standard InChI is InChI=1S/C22H25N3/c1-23-22-24(16-8-14-20-10-4-2-5-11-20)18-19-25(22)17-9-15-21-12-6-3-7-13-21/h2-15H,16-19H2,1H3/b14-8+,15-9+. The summed E-state index contributed by atoms with van der Waals surface area (Å²) < 4.78 is 0. The van der Waals surface area contributed by atoms with Gasteiger partial charge in [0.15, 0.2) is 5.96 Å². The first-order valence-electron chi connectivity index (χ1n) is 8.76. The predicted molar refractivity (Wildman–Crippen MR) is 107 cm³/mol. The maximum absolute atomic E-state index is 4.50. The molecule has 0 amide bonds. The molecule has 1 fully saturated rings. The highest BCUT2D eigenvalue weighted by atomic mass is 15.4. The Kier molecular flexibility index (Phi) is 6.05. The van der Waals surface area contributed by atoms with E-state index in [0.717, 1.165) is 32.1 Å². The van der Waals surface area contributed by atoms with Crippen molar-refractivity contribution >= 4 is 18.1 Å². The van der Waals surface area contributed by atoms with Gasteiger partial charge < -0.3 is 9.80 Å². The average molecular weight is 331 g/mol. The molecule has 0 atom stereocenters. The summed E-state index contributed by atoms with van der Waals surface area (Å²) in [6, 6.07) is 20.8. The summed E-state index contributed by atoms with van der Waals surface area (Å²) >= 11 is 0. The van der Waals surface area contributed by atoms with E-state index in [-0.39, 0.29) is 0 Å². The van der Waals surface area contributed by atoms with Crippen LogP contribution >= 0.6 is 0 Å². The fraction of sp³-hybridized carbons (Fsp3) is 0.227. The SMILES string of the molecule is CN=C1N(C/C=C/c2ccccc2)CCN1C/C=C/c1ccccc1. The summed E-state index contributed by atoms with van der Waals surface area (Å²) in [4.78, 5) is 9.16. The molecule has 2 aromatic carbocycles. The first kappa shape index (κ1) is 17.0. The molecule has 1 heterocycles. The van der Waals surface area contributed by atoms with Crippen molar-refractivity contribution in [3.05, 3.63) is 83.9 Å². The minimum absolute atomic E-state index is 0.889. The Morgan fingerprint density at radius 2 is 1.20 bits per heavy atom. The van der Waals surface area contributed by atoms with Gasteiger partial charge in [-0.15, -0.1) is 0 Å². The molecule has 0 radical (unpaired) electrons. The second-order valence-electron chi connectivity index (χ2n) is 6.04. The third-order valence-electron chi connectivity index (χ3n) is 4.28. The van der Waals surface area contributed by atoms with E-state index in [4.69, 9.17) is 0 Å². The lowest BCUT2D eigenvalue weighted by molar-refractivity contribution is 0.509.